The highest BCUT2D eigenvalue weighted by molar-refractivity contribution is 7.89. The molecule has 3 aliphatic heterocycles. The second-order valence-electron chi connectivity index (χ2n) is 11.6. The van der Waals surface area contributed by atoms with Crippen molar-refractivity contribution in [3.8, 4) is 5.75 Å². The molecule has 1 aromatic heterocycles. The van der Waals surface area contributed by atoms with Gasteiger partial charge in [-0.3, -0.25) is 14.2 Å². The van der Waals surface area contributed by atoms with E-state index in [0.29, 0.717) is 0 Å². The molecule has 2 fully saturated rings. The lowest BCUT2D eigenvalue weighted by Crippen LogP contribution is -2.52. The van der Waals surface area contributed by atoms with E-state index < -0.39 is 54.4 Å². The van der Waals surface area contributed by atoms with Crippen molar-refractivity contribution in [2.75, 3.05) is 46.0 Å². The lowest BCUT2D eigenvalue weighted by atomic mass is 9.89. The lowest BCUT2D eigenvalue weighted by molar-refractivity contribution is -0.110. The molecule has 1 spiro atoms. The third kappa shape index (κ3) is 6.18. The van der Waals surface area contributed by atoms with Crippen LogP contribution < -0.4 is 10.9 Å². The van der Waals surface area contributed by atoms with E-state index in [-0.39, 0.29) is 93.1 Å². The predicted molar refractivity (Wildman–Crippen MR) is 164 cm³/mol. The number of halogens is 1. The number of carbonyl (C=O) groups is 1. The monoisotopic (exact) mass is 691 g/mol. The minimum atomic E-state index is -4.13. The number of fused-ring (bicyclic) bond motifs is 2. The molecule has 2 N–H and O–H groups in total. The molecular formula is C30H34FN5O9S2. The van der Waals surface area contributed by atoms with E-state index >= 15 is 0 Å². The van der Waals surface area contributed by atoms with Gasteiger partial charge in [-0.1, -0.05) is 23.8 Å². The number of sulfonamides is 2. The number of ether oxygens (including phenoxy) is 2. The molecule has 17 heteroatoms. The number of nitrogens with zero attached hydrogens (tertiary/aromatic N) is 4. The Labute approximate surface area is 270 Å². The number of rotatable bonds is 7. The van der Waals surface area contributed by atoms with E-state index in [1.165, 1.54) is 19.2 Å². The maximum atomic E-state index is 14.2. The summed E-state index contributed by atoms with van der Waals surface area (Å²) in [6, 6.07) is 9.70. The summed E-state index contributed by atoms with van der Waals surface area (Å²) in [4.78, 5) is 30.9. The van der Waals surface area contributed by atoms with Gasteiger partial charge in [-0.2, -0.15) is 8.61 Å². The number of hydrogen-bond acceptors (Lipinski definition) is 10. The van der Waals surface area contributed by atoms with Gasteiger partial charge in [-0.15, -0.1) is 0 Å². The number of piperidine rings is 1. The second-order valence-corrected chi connectivity index (χ2v) is 15.4. The van der Waals surface area contributed by atoms with Crippen molar-refractivity contribution in [1.29, 1.82) is 0 Å². The molecule has 47 heavy (non-hydrogen) atoms. The molecule has 3 aliphatic rings. The fraction of sp³-hybridized carbons (Fsp3) is 0.433. The predicted octanol–water partition coefficient (Wildman–Crippen LogP) is 1.06. The summed E-state index contributed by atoms with van der Waals surface area (Å²) < 4.78 is 82.5. The number of benzene rings is 2. The number of carbonyl (C=O) groups excluding carboxylic acids is 1. The summed E-state index contributed by atoms with van der Waals surface area (Å²) in [5.74, 6) is -2.57. The van der Waals surface area contributed by atoms with Gasteiger partial charge in [0.05, 0.1) is 36.2 Å². The van der Waals surface area contributed by atoms with Crippen LogP contribution in [0, 0.1) is 12.7 Å². The molecule has 2 saturated heterocycles. The maximum absolute atomic E-state index is 14.2. The van der Waals surface area contributed by atoms with Crippen molar-refractivity contribution < 1.29 is 40.6 Å². The highest BCUT2D eigenvalue weighted by Crippen LogP contribution is 2.39. The number of aromatic nitrogens is 2. The average molecular weight is 692 g/mol. The van der Waals surface area contributed by atoms with Crippen molar-refractivity contribution in [3.05, 3.63) is 81.3 Å². The minimum Gasteiger partial charge on any atom is -0.501 e. The van der Waals surface area contributed by atoms with Crippen LogP contribution in [0.2, 0.25) is 0 Å². The van der Waals surface area contributed by atoms with E-state index in [2.05, 4.69) is 10.3 Å². The van der Waals surface area contributed by atoms with Crippen molar-refractivity contribution >= 4 is 26.0 Å². The van der Waals surface area contributed by atoms with Gasteiger partial charge in [-0.05, 0) is 49.6 Å². The van der Waals surface area contributed by atoms with Gasteiger partial charge in [-0.25, -0.2) is 26.2 Å². The molecule has 0 radical (unpaired) electrons. The van der Waals surface area contributed by atoms with E-state index in [4.69, 9.17) is 9.47 Å². The molecule has 0 saturated carbocycles. The minimum absolute atomic E-state index is 0.0550. The standard InChI is InChI=1S/C30H34FN5O9S2/c1-20-2-6-23(7-3-20)46(40,41)34-10-8-30(9-11-34)29-33-25(26(37)28(39)36(29)14-17-45-30)27(38)32-19-21-4-5-22(31)18-24(21)47(42,43)35-12-15-44-16-13-35/h2-7,18,37H,8-17,19H2,1H3,(H,32,38). The van der Waals surface area contributed by atoms with Gasteiger partial charge in [0.1, 0.15) is 17.2 Å². The first kappa shape index (κ1) is 33.2. The second kappa shape index (κ2) is 12.7. The Kier molecular flexibility index (Phi) is 8.96. The van der Waals surface area contributed by atoms with Crippen molar-refractivity contribution in [3.63, 3.8) is 0 Å². The molecule has 3 aromatic rings. The summed E-state index contributed by atoms with van der Waals surface area (Å²) >= 11 is 0. The van der Waals surface area contributed by atoms with Crippen LogP contribution in [0.1, 0.15) is 40.3 Å². The summed E-state index contributed by atoms with van der Waals surface area (Å²) in [6.45, 7) is 2.29. The van der Waals surface area contributed by atoms with Gasteiger partial charge in [0.25, 0.3) is 11.5 Å². The highest BCUT2D eigenvalue weighted by atomic mass is 32.2. The van der Waals surface area contributed by atoms with Gasteiger partial charge in [0.15, 0.2) is 5.69 Å². The van der Waals surface area contributed by atoms with Crippen LogP contribution in [-0.2, 0) is 48.2 Å². The molecule has 0 unspecified atom stereocenters. The van der Waals surface area contributed by atoms with Crippen LogP contribution in [0.5, 0.6) is 5.75 Å². The fourth-order valence-electron chi connectivity index (χ4n) is 6.07. The molecule has 252 valence electrons. The molecule has 0 aliphatic carbocycles. The molecule has 14 nitrogen and oxygen atoms in total. The van der Waals surface area contributed by atoms with Gasteiger partial charge >= 0.3 is 0 Å². The molecule has 4 heterocycles. The lowest BCUT2D eigenvalue weighted by Gasteiger charge is -2.43. The van der Waals surface area contributed by atoms with E-state index in [1.807, 2.05) is 6.92 Å². The first-order chi connectivity index (χ1) is 22.3. The van der Waals surface area contributed by atoms with Crippen LogP contribution in [-0.4, -0.2) is 92.0 Å². The van der Waals surface area contributed by atoms with Gasteiger partial charge in [0.2, 0.25) is 25.8 Å². The maximum Gasteiger partial charge on any atom is 0.296 e. The number of morpholine rings is 1. The smallest absolute Gasteiger partial charge is 0.296 e. The van der Waals surface area contributed by atoms with Crippen LogP contribution in [0.4, 0.5) is 4.39 Å². The number of aromatic hydroxyl groups is 1. The first-order valence-electron chi connectivity index (χ1n) is 15.0. The third-order valence-corrected chi connectivity index (χ3v) is 12.6. The zero-order valence-corrected chi connectivity index (χ0v) is 27.1. The summed E-state index contributed by atoms with van der Waals surface area (Å²) in [7, 11) is -7.92. The number of nitrogens with one attached hydrogen (secondary N) is 1. The third-order valence-electron chi connectivity index (χ3n) is 8.71. The van der Waals surface area contributed by atoms with E-state index in [1.54, 1.807) is 24.3 Å². The van der Waals surface area contributed by atoms with Gasteiger partial charge < -0.3 is 19.9 Å². The zero-order valence-electron chi connectivity index (χ0n) is 25.5. The van der Waals surface area contributed by atoms with Crippen LogP contribution in [0.15, 0.2) is 57.1 Å². The fourth-order valence-corrected chi connectivity index (χ4v) is 9.15. The summed E-state index contributed by atoms with van der Waals surface area (Å²) in [6.07, 6.45) is 0.267. The molecular weight excluding hydrogens is 657 g/mol. The van der Waals surface area contributed by atoms with E-state index in [9.17, 15) is 35.9 Å². The number of aryl methyl sites for hydroxylation is 1. The molecule has 0 bridgehead atoms. The Morgan fingerprint density at radius 2 is 1.62 bits per heavy atom. The van der Waals surface area contributed by atoms with Crippen LogP contribution >= 0.6 is 0 Å². The molecule has 6 rings (SSSR count). The van der Waals surface area contributed by atoms with Crippen molar-refractivity contribution in [2.24, 2.45) is 0 Å². The van der Waals surface area contributed by atoms with Crippen molar-refractivity contribution in [1.82, 2.24) is 23.5 Å². The number of hydrogen-bond donors (Lipinski definition) is 2. The largest absolute Gasteiger partial charge is 0.501 e. The topological polar surface area (TPSA) is 177 Å². The van der Waals surface area contributed by atoms with Gasteiger partial charge in [0, 0.05) is 32.7 Å². The van der Waals surface area contributed by atoms with E-state index in [0.717, 1.165) is 17.7 Å². The zero-order chi connectivity index (χ0) is 33.6. The quantitative estimate of drug-likeness (QED) is 0.364. The Hall–Kier alpha value is -3.74. The normalized spacial score (nSPS) is 18.9. The van der Waals surface area contributed by atoms with Crippen LogP contribution in [0.3, 0.4) is 0 Å². The Morgan fingerprint density at radius 1 is 0.957 bits per heavy atom. The Balaban J connectivity index is 1.25. The van der Waals surface area contributed by atoms with Crippen molar-refractivity contribution in [2.45, 2.75) is 48.2 Å². The highest BCUT2D eigenvalue weighted by Gasteiger charge is 2.46. The molecule has 0 atom stereocenters. The first-order valence-corrected chi connectivity index (χ1v) is 17.9. The number of amides is 1. The molecule has 2 aromatic carbocycles. The average Bonchev–Trinajstić information content (AvgIpc) is 3.06. The Bertz CT molecular complexity index is 1970. The van der Waals surface area contributed by atoms with Crippen LogP contribution in [0.25, 0.3) is 0 Å². The Morgan fingerprint density at radius 3 is 2.30 bits per heavy atom. The molecule has 1 amide bonds. The summed E-state index contributed by atoms with van der Waals surface area (Å²) in [5, 5.41) is 13.2. The summed E-state index contributed by atoms with van der Waals surface area (Å²) in [5.41, 5.74) is -1.65. The SMILES string of the molecule is Cc1ccc(S(=O)(=O)N2CCC3(CC2)OCCn2c3nc(C(=O)NCc3ccc(F)cc3S(=O)(=O)N3CCOCC3)c(O)c2=O)cc1.